The van der Waals surface area contributed by atoms with Crippen LogP contribution in [0.3, 0.4) is 0 Å². The molecule has 1 atom stereocenters. The summed E-state index contributed by atoms with van der Waals surface area (Å²) in [4.78, 5) is 14.7. The first-order valence-corrected chi connectivity index (χ1v) is 8.94. The van der Waals surface area contributed by atoms with Crippen LogP contribution in [-0.4, -0.2) is 23.9 Å². The van der Waals surface area contributed by atoms with Crippen molar-refractivity contribution in [1.82, 2.24) is 10.2 Å². The van der Waals surface area contributed by atoms with Gasteiger partial charge in [-0.15, -0.1) is 0 Å². The Kier molecular flexibility index (Phi) is 5.82. The molecule has 1 amide bonds. The van der Waals surface area contributed by atoms with Crippen LogP contribution in [0.25, 0.3) is 0 Å². The molecule has 1 fully saturated rings. The SMILES string of the molecule is CC(NC(=O)C1CCN(Cc2ccccc2F)CC1)c1ccccc1. The van der Waals surface area contributed by atoms with Gasteiger partial charge in [-0.1, -0.05) is 48.5 Å². The molecule has 0 aliphatic carbocycles. The van der Waals surface area contributed by atoms with Gasteiger partial charge in [-0.2, -0.15) is 0 Å². The van der Waals surface area contributed by atoms with Crippen molar-refractivity contribution in [3.8, 4) is 0 Å². The van der Waals surface area contributed by atoms with E-state index >= 15 is 0 Å². The van der Waals surface area contributed by atoms with E-state index in [1.54, 1.807) is 6.07 Å². The number of halogens is 1. The molecule has 1 aliphatic rings. The van der Waals surface area contributed by atoms with Gasteiger partial charge in [0.2, 0.25) is 5.91 Å². The van der Waals surface area contributed by atoms with Crippen LogP contribution in [-0.2, 0) is 11.3 Å². The average Bonchev–Trinajstić information content (AvgIpc) is 2.65. The Balaban J connectivity index is 1.48. The normalized spacial score (nSPS) is 17.2. The molecule has 2 aromatic rings. The van der Waals surface area contributed by atoms with Crippen molar-refractivity contribution in [2.75, 3.05) is 13.1 Å². The summed E-state index contributed by atoms with van der Waals surface area (Å²) >= 11 is 0. The number of hydrogen-bond donors (Lipinski definition) is 1. The summed E-state index contributed by atoms with van der Waals surface area (Å²) in [5, 5.41) is 3.12. The molecule has 1 unspecified atom stereocenters. The third kappa shape index (κ3) is 4.67. The van der Waals surface area contributed by atoms with Crippen molar-refractivity contribution < 1.29 is 9.18 Å². The van der Waals surface area contributed by atoms with E-state index in [1.807, 2.05) is 49.4 Å². The van der Waals surface area contributed by atoms with E-state index in [4.69, 9.17) is 0 Å². The number of nitrogens with one attached hydrogen (secondary N) is 1. The second-order valence-electron chi connectivity index (χ2n) is 6.78. The van der Waals surface area contributed by atoms with E-state index < -0.39 is 0 Å². The zero-order chi connectivity index (χ0) is 17.6. The van der Waals surface area contributed by atoms with E-state index in [0.717, 1.165) is 37.1 Å². The Hall–Kier alpha value is -2.20. The Bertz CT molecular complexity index is 696. The molecule has 0 radical (unpaired) electrons. The minimum absolute atomic E-state index is 0.0187. The van der Waals surface area contributed by atoms with Crippen LogP contribution >= 0.6 is 0 Å². The van der Waals surface area contributed by atoms with Gasteiger partial charge < -0.3 is 5.32 Å². The molecule has 1 saturated heterocycles. The average molecular weight is 340 g/mol. The number of carbonyl (C=O) groups is 1. The largest absolute Gasteiger partial charge is 0.349 e. The van der Waals surface area contributed by atoms with Crippen molar-refractivity contribution in [1.29, 1.82) is 0 Å². The van der Waals surface area contributed by atoms with Crippen molar-refractivity contribution in [3.05, 3.63) is 71.5 Å². The molecule has 25 heavy (non-hydrogen) atoms. The molecule has 132 valence electrons. The van der Waals surface area contributed by atoms with Crippen LogP contribution in [0.15, 0.2) is 54.6 Å². The van der Waals surface area contributed by atoms with Crippen LogP contribution in [0, 0.1) is 11.7 Å². The number of carbonyl (C=O) groups excluding carboxylic acids is 1. The maximum atomic E-state index is 13.8. The first-order valence-electron chi connectivity index (χ1n) is 8.94. The molecular formula is C21H25FN2O. The summed E-state index contributed by atoms with van der Waals surface area (Å²) in [6.45, 7) is 4.28. The van der Waals surface area contributed by atoms with Gasteiger partial charge in [0.05, 0.1) is 6.04 Å². The monoisotopic (exact) mass is 340 g/mol. The lowest BCUT2D eigenvalue weighted by atomic mass is 9.95. The van der Waals surface area contributed by atoms with Gasteiger partial charge in [-0.05, 0) is 44.5 Å². The highest BCUT2D eigenvalue weighted by Gasteiger charge is 2.26. The lowest BCUT2D eigenvalue weighted by Crippen LogP contribution is -2.41. The summed E-state index contributed by atoms with van der Waals surface area (Å²) in [5.41, 5.74) is 1.84. The quantitative estimate of drug-likeness (QED) is 0.895. The fraction of sp³-hybridized carbons (Fsp3) is 0.381. The van der Waals surface area contributed by atoms with Crippen LogP contribution in [0.5, 0.6) is 0 Å². The Labute approximate surface area is 148 Å². The zero-order valence-corrected chi connectivity index (χ0v) is 14.6. The summed E-state index contributed by atoms with van der Waals surface area (Å²) in [6, 6.07) is 16.9. The molecule has 0 saturated carbocycles. The second kappa shape index (κ2) is 8.26. The second-order valence-corrected chi connectivity index (χ2v) is 6.78. The fourth-order valence-corrected chi connectivity index (χ4v) is 3.38. The molecule has 4 heteroatoms. The predicted octanol–water partition coefficient (Wildman–Crippen LogP) is 3.92. The molecule has 3 nitrogen and oxygen atoms in total. The summed E-state index contributed by atoms with van der Waals surface area (Å²) in [5.74, 6) is 0.0176. The lowest BCUT2D eigenvalue weighted by molar-refractivity contribution is -0.127. The van der Waals surface area contributed by atoms with E-state index in [0.29, 0.717) is 6.54 Å². The Morgan fingerprint density at radius 3 is 2.44 bits per heavy atom. The number of rotatable bonds is 5. The smallest absolute Gasteiger partial charge is 0.223 e. The number of amides is 1. The highest BCUT2D eigenvalue weighted by atomic mass is 19.1. The van der Waals surface area contributed by atoms with Crippen LogP contribution < -0.4 is 5.32 Å². The minimum Gasteiger partial charge on any atom is -0.349 e. The van der Waals surface area contributed by atoms with Crippen molar-refractivity contribution in [3.63, 3.8) is 0 Å². The first-order chi connectivity index (χ1) is 12.1. The number of nitrogens with zero attached hydrogens (tertiary/aromatic N) is 1. The van der Waals surface area contributed by atoms with Gasteiger partial charge in [-0.3, -0.25) is 9.69 Å². The fourth-order valence-electron chi connectivity index (χ4n) is 3.38. The van der Waals surface area contributed by atoms with Crippen molar-refractivity contribution >= 4 is 5.91 Å². The highest BCUT2D eigenvalue weighted by Crippen LogP contribution is 2.21. The zero-order valence-electron chi connectivity index (χ0n) is 14.6. The van der Waals surface area contributed by atoms with E-state index in [-0.39, 0.29) is 23.7 Å². The third-order valence-electron chi connectivity index (χ3n) is 4.97. The topological polar surface area (TPSA) is 32.3 Å². The highest BCUT2D eigenvalue weighted by molar-refractivity contribution is 5.79. The van der Waals surface area contributed by atoms with E-state index in [9.17, 15) is 9.18 Å². The van der Waals surface area contributed by atoms with Gasteiger partial charge in [0.1, 0.15) is 5.82 Å². The standard InChI is InChI=1S/C21H25FN2O/c1-16(17-7-3-2-4-8-17)23-21(25)18-11-13-24(14-12-18)15-19-9-5-6-10-20(19)22/h2-10,16,18H,11-15H2,1H3,(H,23,25). The lowest BCUT2D eigenvalue weighted by Gasteiger charge is -2.32. The van der Waals surface area contributed by atoms with Crippen molar-refractivity contribution in [2.45, 2.75) is 32.4 Å². The molecule has 0 spiro atoms. The molecule has 0 bridgehead atoms. The molecule has 3 rings (SSSR count). The Morgan fingerprint density at radius 1 is 1.12 bits per heavy atom. The first kappa shape index (κ1) is 17.6. The van der Waals surface area contributed by atoms with Crippen LogP contribution in [0.1, 0.15) is 36.9 Å². The minimum atomic E-state index is -0.154. The van der Waals surface area contributed by atoms with E-state index in [2.05, 4.69) is 10.2 Å². The van der Waals surface area contributed by atoms with Crippen molar-refractivity contribution in [2.24, 2.45) is 5.92 Å². The summed E-state index contributed by atoms with van der Waals surface area (Å²) in [7, 11) is 0. The van der Waals surface area contributed by atoms with Gasteiger partial charge in [-0.25, -0.2) is 4.39 Å². The summed E-state index contributed by atoms with van der Waals surface area (Å²) in [6.07, 6.45) is 1.64. The van der Waals surface area contributed by atoms with E-state index in [1.165, 1.54) is 6.07 Å². The van der Waals surface area contributed by atoms with Gasteiger partial charge in [0, 0.05) is 18.0 Å². The number of likely N-dealkylation sites (tertiary alicyclic amines) is 1. The summed E-state index contributed by atoms with van der Waals surface area (Å²) < 4.78 is 13.8. The van der Waals surface area contributed by atoms with Crippen LogP contribution in [0.4, 0.5) is 4.39 Å². The number of hydrogen-bond acceptors (Lipinski definition) is 2. The maximum absolute atomic E-state index is 13.8. The Morgan fingerprint density at radius 2 is 1.76 bits per heavy atom. The molecule has 0 aromatic heterocycles. The van der Waals surface area contributed by atoms with Gasteiger partial charge in [0.25, 0.3) is 0 Å². The van der Waals surface area contributed by atoms with Crippen LogP contribution in [0.2, 0.25) is 0 Å². The molecule has 1 N–H and O–H groups in total. The molecular weight excluding hydrogens is 315 g/mol. The third-order valence-corrected chi connectivity index (χ3v) is 4.97. The van der Waals surface area contributed by atoms with Gasteiger partial charge >= 0.3 is 0 Å². The molecule has 2 aromatic carbocycles. The molecule has 1 heterocycles. The maximum Gasteiger partial charge on any atom is 0.223 e. The molecule has 1 aliphatic heterocycles. The number of benzene rings is 2. The van der Waals surface area contributed by atoms with Gasteiger partial charge in [0.15, 0.2) is 0 Å². The predicted molar refractivity (Wildman–Crippen MR) is 97.4 cm³/mol. The number of piperidine rings is 1.